The molecule has 1 heterocycles. The van der Waals surface area contributed by atoms with Crippen molar-refractivity contribution in [3.05, 3.63) is 88.5 Å². The predicted molar refractivity (Wildman–Crippen MR) is 93.0 cm³/mol. The normalized spacial score (nSPS) is 16.2. The molecule has 0 unspecified atom stereocenters. The zero-order valence-electron chi connectivity index (χ0n) is 13.7. The van der Waals surface area contributed by atoms with E-state index in [1.54, 1.807) is 0 Å². The van der Waals surface area contributed by atoms with E-state index in [0.717, 1.165) is 22.3 Å². The van der Waals surface area contributed by atoms with Crippen molar-refractivity contribution < 1.29 is 14.3 Å². The molecule has 0 spiro atoms. The second kappa shape index (κ2) is 6.67. The number of allylic oxidation sites excluding steroid dienone is 1. The van der Waals surface area contributed by atoms with Gasteiger partial charge >= 0.3 is 11.9 Å². The Morgan fingerprint density at radius 3 is 1.71 bits per heavy atom. The molecule has 3 nitrogen and oxygen atoms in total. The van der Waals surface area contributed by atoms with Crippen molar-refractivity contribution >= 4 is 17.5 Å². The van der Waals surface area contributed by atoms with Crippen LogP contribution in [-0.4, -0.2) is 11.9 Å². The van der Waals surface area contributed by atoms with E-state index >= 15 is 0 Å². The molecule has 0 aromatic heterocycles. The fraction of sp³-hybridized carbons (Fsp3) is 0.143. The number of carbonyl (C=O) groups excluding carboxylic acids is 2. The second-order valence-corrected chi connectivity index (χ2v) is 5.67. The Morgan fingerprint density at radius 2 is 1.25 bits per heavy atom. The first kappa shape index (κ1) is 15.9. The lowest BCUT2D eigenvalue weighted by Gasteiger charge is -2.12. The monoisotopic (exact) mass is 318 g/mol. The van der Waals surface area contributed by atoms with Gasteiger partial charge in [0.2, 0.25) is 0 Å². The molecule has 1 saturated heterocycles. The molecule has 0 radical (unpaired) electrons. The Morgan fingerprint density at radius 1 is 0.792 bits per heavy atom. The average Bonchev–Trinajstić information content (AvgIpc) is 2.91. The second-order valence-electron chi connectivity index (χ2n) is 5.67. The molecule has 0 amide bonds. The number of cyclic esters (lactones) is 2. The number of ether oxygens (including phenoxy) is 1. The van der Waals surface area contributed by atoms with Gasteiger partial charge in [-0.15, -0.1) is 0 Å². The van der Waals surface area contributed by atoms with E-state index in [-0.39, 0.29) is 0 Å². The molecule has 0 aliphatic carbocycles. The quantitative estimate of drug-likeness (QED) is 0.481. The highest BCUT2D eigenvalue weighted by Crippen LogP contribution is 2.36. The summed E-state index contributed by atoms with van der Waals surface area (Å²) >= 11 is 0. The summed E-state index contributed by atoms with van der Waals surface area (Å²) < 4.78 is 4.94. The van der Waals surface area contributed by atoms with Crippen LogP contribution in [0.25, 0.3) is 5.57 Å². The maximum atomic E-state index is 12.5. The van der Waals surface area contributed by atoms with Crippen LogP contribution in [0.3, 0.4) is 0 Å². The Kier molecular flexibility index (Phi) is 4.43. The summed E-state index contributed by atoms with van der Waals surface area (Å²) in [6.07, 6.45) is 0.679. The number of hydrogen-bond acceptors (Lipinski definition) is 3. The van der Waals surface area contributed by atoms with Crippen LogP contribution >= 0.6 is 0 Å². The topological polar surface area (TPSA) is 43.4 Å². The predicted octanol–water partition coefficient (Wildman–Crippen LogP) is 4.30. The van der Waals surface area contributed by atoms with Crippen molar-refractivity contribution in [1.29, 1.82) is 0 Å². The van der Waals surface area contributed by atoms with Gasteiger partial charge in [-0.25, -0.2) is 9.59 Å². The maximum absolute atomic E-state index is 12.5. The molecule has 1 aliphatic rings. The number of benzene rings is 2. The standard InChI is InChI=1S/C21H18O3/c1-3-14(2)17-19(21(23)24-20(17)22)18(15-10-6-4-7-11-15)16-12-8-5-9-13-16/h4-13H,3H2,1-2H3. The third-order valence-electron chi connectivity index (χ3n) is 4.18. The Balaban J connectivity index is 2.37. The SMILES string of the molecule is CCC(C)=C1C(=O)OC(=O)C1=C(c1ccccc1)c1ccccc1. The molecule has 2 aromatic rings. The van der Waals surface area contributed by atoms with Crippen molar-refractivity contribution in [2.75, 3.05) is 0 Å². The Hall–Kier alpha value is -2.94. The summed E-state index contributed by atoms with van der Waals surface area (Å²) in [6.45, 7) is 3.82. The first-order valence-corrected chi connectivity index (χ1v) is 7.95. The van der Waals surface area contributed by atoms with E-state index in [9.17, 15) is 9.59 Å². The molecule has 1 aliphatic heterocycles. The van der Waals surface area contributed by atoms with E-state index in [1.165, 1.54) is 0 Å². The zero-order chi connectivity index (χ0) is 17.1. The van der Waals surface area contributed by atoms with Gasteiger partial charge in [-0.2, -0.15) is 0 Å². The number of esters is 2. The minimum absolute atomic E-state index is 0.358. The van der Waals surface area contributed by atoms with E-state index in [0.29, 0.717) is 17.6 Å². The van der Waals surface area contributed by atoms with Gasteiger partial charge in [0.05, 0.1) is 11.1 Å². The molecule has 0 saturated carbocycles. The molecule has 24 heavy (non-hydrogen) atoms. The van der Waals surface area contributed by atoms with E-state index in [2.05, 4.69) is 0 Å². The third-order valence-corrected chi connectivity index (χ3v) is 4.18. The molecule has 0 bridgehead atoms. The van der Waals surface area contributed by atoms with Crippen LogP contribution in [0.1, 0.15) is 31.4 Å². The minimum Gasteiger partial charge on any atom is -0.386 e. The summed E-state index contributed by atoms with van der Waals surface area (Å²) in [7, 11) is 0. The third kappa shape index (κ3) is 2.81. The van der Waals surface area contributed by atoms with Crippen molar-refractivity contribution in [3.8, 4) is 0 Å². The lowest BCUT2D eigenvalue weighted by Crippen LogP contribution is -2.03. The van der Waals surface area contributed by atoms with Gasteiger partial charge in [0.15, 0.2) is 0 Å². The van der Waals surface area contributed by atoms with Gasteiger partial charge in [-0.1, -0.05) is 73.2 Å². The summed E-state index contributed by atoms with van der Waals surface area (Å²) in [4.78, 5) is 24.7. The molecular formula is C21H18O3. The molecule has 1 fully saturated rings. The van der Waals surface area contributed by atoms with Crippen LogP contribution in [0.2, 0.25) is 0 Å². The Bertz CT molecular complexity index is 802. The minimum atomic E-state index is -0.578. The summed E-state index contributed by atoms with van der Waals surface area (Å²) in [5.74, 6) is -1.13. The number of rotatable bonds is 3. The molecule has 0 N–H and O–H groups in total. The lowest BCUT2D eigenvalue weighted by molar-refractivity contribution is -0.149. The smallest absolute Gasteiger partial charge is 0.347 e. The number of carbonyl (C=O) groups is 2. The van der Waals surface area contributed by atoms with Crippen LogP contribution in [0.5, 0.6) is 0 Å². The van der Waals surface area contributed by atoms with E-state index in [1.807, 2.05) is 74.5 Å². The van der Waals surface area contributed by atoms with Crippen molar-refractivity contribution in [3.63, 3.8) is 0 Å². The fourth-order valence-electron chi connectivity index (χ4n) is 2.85. The van der Waals surface area contributed by atoms with Crippen LogP contribution in [0, 0.1) is 0 Å². The Labute approximate surface area is 141 Å². The van der Waals surface area contributed by atoms with E-state index in [4.69, 9.17) is 4.74 Å². The van der Waals surface area contributed by atoms with Crippen molar-refractivity contribution in [2.45, 2.75) is 20.3 Å². The van der Waals surface area contributed by atoms with Crippen molar-refractivity contribution in [2.24, 2.45) is 0 Å². The lowest BCUT2D eigenvalue weighted by atomic mass is 9.88. The van der Waals surface area contributed by atoms with Crippen LogP contribution < -0.4 is 0 Å². The first-order valence-electron chi connectivity index (χ1n) is 7.95. The van der Waals surface area contributed by atoms with Gasteiger partial charge in [0, 0.05) is 5.57 Å². The average molecular weight is 318 g/mol. The molecular weight excluding hydrogens is 300 g/mol. The highest BCUT2D eigenvalue weighted by Gasteiger charge is 2.37. The highest BCUT2D eigenvalue weighted by atomic mass is 16.6. The van der Waals surface area contributed by atoms with Crippen LogP contribution in [0.4, 0.5) is 0 Å². The molecule has 2 aromatic carbocycles. The summed E-state index contributed by atoms with van der Waals surface area (Å²) in [5, 5.41) is 0. The van der Waals surface area contributed by atoms with Crippen LogP contribution in [0.15, 0.2) is 77.4 Å². The molecule has 3 heteroatoms. The fourth-order valence-corrected chi connectivity index (χ4v) is 2.85. The zero-order valence-corrected chi connectivity index (χ0v) is 13.7. The van der Waals surface area contributed by atoms with Gasteiger partial charge in [-0.05, 0) is 24.5 Å². The van der Waals surface area contributed by atoms with Crippen LogP contribution in [-0.2, 0) is 14.3 Å². The molecule has 0 atom stereocenters. The molecule has 120 valence electrons. The van der Waals surface area contributed by atoms with Crippen molar-refractivity contribution in [1.82, 2.24) is 0 Å². The largest absolute Gasteiger partial charge is 0.386 e. The first-order chi connectivity index (χ1) is 11.6. The summed E-state index contributed by atoms with van der Waals surface area (Å²) in [6, 6.07) is 19.2. The number of hydrogen-bond donors (Lipinski definition) is 0. The van der Waals surface area contributed by atoms with Gasteiger partial charge < -0.3 is 4.74 Å². The van der Waals surface area contributed by atoms with E-state index < -0.39 is 11.9 Å². The molecule has 3 rings (SSSR count). The summed E-state index contributed by atoms with van der Waals surface area (Å²) in [5.41, 5.74) is 4.10. The maximum Gasteiger partial charge on any atom is 0.347 e. The highest BCUT2D eigenvalue weighted by molar-refractivity contribution is 6.23. The van der Waals surface area contributed by atoms with Gasteiger partial charge in [0.25, 0.3) is 0 Å². The van der Waals surface area contributed by atoms with Gasteiger partial charge in [0.1, 0.15) is 0 Å². The van der Waals surface area contributed by atoms with Gasteiger partial charge in [-0.3, -0.25) is 0 Å².